The standard InChI is InChI=1S/C16H19N3O2S/c20-15(17-10-13-7-4-8-21-13)19-16-18-11-14(22-16)9-12-5-2-1-3-6-12/h1-3,5-6,11,13H,4,7-10H2,(H2,17,18,19,20). The summed E-state index contributed by atoms with van der Waals surface area (Å²) < 4.78 is 5.47. The quantitative estimate of drug-likeness (QED) is 0.891. The van der Waals surface area contributed by atoms with Crippen LogP contribution in [0.3, 0.4) is 0 Å². The third kappa shape index (κ3) is 4.29. The Morgan fingerprint density at radius 2 is 2.23 bits per heavy atom. The number of hydrogen-bond donors (Lipinski definition) is 2. The molecule has 1 fully saturated rings. The predicted octanol–water partition coefficient (Wildman–Crippen LogP) is 3.03. The van der Waals surface area contributed by atoms with Crippen LogP contribution in [0.5, 0.6) is 0 Å². The zero-order chi connectivity index (χ0) is 15.2. The molecule has 0 saturated carbocycles. The second-order valence-corrected chi connectivity index (χ2v) is 6.38. The molecule has 2 amide bonds. The molecule has 0 spiro atoms. The second-order valence-electron chi connectivity index (χ2n) is 5.26. The molecule has 116 valence electrons. The first kappa shape index (κ1) is 15.0. The molecular formula is C16H19N3O2S. The van der Waals surface area contributed by atoms with Crippen molar-refractivity contribution in [2.75, 3.05) is 18.5 Å². The van der Waals surface area contributed by atoms with Gasteiger partial charge in [0.1, 0.15) is 0 Å². The van der Waals surface area contributed by atoms with Crippen molar-refractivity contribution in [2.24, 2.45) is 0 Å². The molecule has 1 saturated heterocycles. The molecule has 2 heterocycles. The van der Waals surface area contributed by atoms with Gasteiger partial charge in [0.15, 0.2) is 5.13 Å². The summed E-state index contributed by atoms with van der Waals surface area (Å²) in [6.45, 7) is 1.34. The number of carbonyl (C=O) groups excluding carboxylic acids is 1. The van der Waals surface area contributed by atoms with Crippen LogP contribution in [-0.4, -0.2) is 30.3 Å². The summed E-state index contributed by atoms with van der Waals surface area (Å²) in [4.78, 5) is 17.2. The van der Waals surface area contributed by atoms with E-state index in [1.54, 1.807) is 0 Å². The third-order valence-corrected chi connectivity index (χ3v) is 4.42. The summed E-state index contributed by atoms with van der Waals surface area (Å²) in [5, 5.41) is 6.22. The highest BCUT2D eigenvalue weighted by atomic mass is 32.1. The number of anilines is 1. The van der Waals surface area contributed by atoms with Crippen molar-refractivity contribution in [3.05, 3.63) is 47.0 Å². The van der Waals surface area contributed by atoms with Crippen LogP contribution in [0.4, 0.5) is 9.93 Å². The number of carbonyl (C=O) groups is 1. The van der Waals surface area contributed by atoms with Gasteiger partial charge in [0.05, 0.1) is 6.10 Å². The molecule has 0 bridgehead atoms. The lowest BCUT2D eigenvalue weighted by Gasteiger charge is -2.10. The fourth-order valence-corrected chi connectivity index (χ4v) is 3.24. The predicted molar refractivity (Wildman–Crippen MR) is 87.4 cm³/mol. The van der Waals surface area contributed by atoms with E-state index in [-0.39, 0.29) is 12.1 Å². The zero-order valence-electron chi connectivity index (χ0n) is 12.2. The van der Waals surface area contributed by atoms with Gasteiger partial charge in [0.25, 0.3) is 0 Å². The van der Waals surface area contributed by atoms with E-state index >= 15 is 0 Å². The molecule has 2 N–H and O–H groups in total. The van der Waals surface area contributed by atoms with Crippen molar-refractivity contribution in [2.45, 2.75) is 25.4 Å². The molecule has 1 atom stereocenters. The van der Waals surface area contributed by atoms with Crippen LogP contribution < -0.4 is 10.6 Å². The van der Waals surface area contributed by atoms with Crippen LogP contribution in [0, 0.1) is 0 Å². The van der Waals surface area contributed by atoms with Gasteiger partial charge >= 0.3 is 6.03 Å². The monoisotopic (exact) mass is 317 g/mol. The zero-order valence-corrected chi connectivity index (χ0v) is 13.1. The lowest BCUT2D eigenvalue weighted by Crippen LogP contribution is -2.34. The van der Waals surface area contributed by atoms with Crippen molar-refractivity contribution in [3.8, 4) is 0 Å². The van der Waals surface area contributed by atoms with Crippen LogP contribution in [0.25, 0.3) is 0 Å². The highest BCUT2D eigenvalue weighted by Gasteiger charge is 2.16. The minimum atomic E-state index is -0.226. The number of ether oxygens (including phenoxy) is 1. The molecule has 22 heavy (non-hydrogen) atoms. The number of rotatable bonds is 5. The number of aromatic nitrogens is 1. The summed E-state index contributed by atoms with van der Waals surface area (Å²) >= 11 is 1.50. The van der Waals surface area contributed by atoms with Crippen LogP contribution in [0.15, 0.2) is 36.5 Å². The second kappa shape index (κ2) is 7.38. The molecule has 1 aliphatic rings. The molecule has 1 aliphatic heterocycles. The van der Waals surface area contributed by atoms with E-state index in [4.69, 9.17) is 4.74 Å². The fraction of sp³-hybridized carbons (Fsp3) is 0.375. The molecule has 2 aromatic rings. The number of amides is 2. The topological polar surface area (TPSA) is 63.2 Å². The summed E-state index contributed by atoms with van der Waals surface area (Å²) in [5.74, 6) is 0. The number of hydrogen-bond acceptors (Lipinski definition) is 4. The largest absolute Gasteiger partial charge is 0.376 e. The summed E-state index contributed by atoms with van der Waals surface area (Å²) in [5.41, 5.74) is 1.24. The number of urea groups is 1. The number of nitrogens with one attached hydrogen (secondary N) is 2. The van der Waals surface area contributed by atoms with E-state index in [1.807, 2.05) is 24.4 Å². The summed E-state index contributed by atoms with van der Waals surface area (Å²) in [6, 6.07) is 9.99. The van der Waals surface area contributed by atoms with E-state index < -0.39 is 0 Å². The van der Waals surface area contributed by atoms with Crippen molar-refractivity contribution in [1.29, 1.82) is 0 Å². The third-order valence-electron chi connectivity index (χ3n) is 3.51. The fourth-order valence-electron chi connectivity index (χ4n) is 2.40. The van der Waals surface area contributed by atoms with Gasteiger partial charge < -0.3 is 10.1 Å². The van der Waals surface area contributed by atoms with Gasteiger partial charge in [0, 0.05) is 30.6 Å². The molecule has 0 aliphatic carbocycles. The molecule has 5 nitrogen and oxygen atoms in total. The van der Waals surface area contributed by atoms with E-state index in [9.17, 15) is 4.79 Å². The Morgan fingerprint density at radius 1 is 1.36 bits per heavy atom. The Morgan fingerprint density at radius 3 is 3.00 bits per heavy atom. The van der Waals surface area contributed by atoms with Gasteiger partial charge in [-0.2, -0.15) is 0 Å². The van der Waals surface area contributed by atoms with Crippen LogP contribution in [0.2, 0.25) is 0 Å². The SMILES string of the molecule is O=C(NCC1CCCO1)Nc1ncc(Cc2ccccc2)s1. The van der Waals surface area contributed by atoms with Crippen molar-refractivity contribution in [1.82, 2.24) is 10.3 Å². The van der Waals surface area contributed by atoms with E-state index in [1.165, 1.54) is 16.9 Å². The number of thiazole rings is 1. The van der Waals surface area contributed by atoms with Crippen LogP contribution >= 0.6 is 11.3 Å². The van der Waals surface area contributed by atoms with Gasteiger partial charge in [0.2, 0.25) is 0 Å². The summed E-state index contributed by atoms with van der Waals surface area (Å²) in [6.07, 6.45) is 4.88. The first-order valence-electron chi connectivity index (χ1n) is 7.45. The van der Waals surface area contributed by atoms with Gasteiger partial charge in [-0.15, -0.1) is 11.3 Å². The molecule has 1 aromatic heterocycles. The first-order valence-corrected chi connectivity index (χ1v) is 8.26. The maximum absolute atomic E-state index is 11.8. The Balaban J connectivity index is 1.47. The Hall–Kier alpha value is -1.92. The van der Waals surface area contributed by atoms with Crippen LogP contribution in [-0.2, 0) is 11.2 Å². The van der Waals surface area contributed by atoms with E-state index in [2.05, 4.69) is 27.8 Å². The average molecular weight is 317 g/mol. The maximum atomic E-state index is 11.8. The lowest BCUT2D eigenvalue weighted by molar-refractivity contribution is 0.112. The lowest BCUT2D eigenvalue weighted by atomic mass is 10.1. The number of benzene rings is 1. The maximum Gasteiger partial charge on any atom is 0.321 e. The Kier molecular flexibility index (Phi) is 5.03. The normalized spacial score (nSPS) is 17.4. The van der Waals surface area contributed by atoms with E-state index in [0.717, 1.165) is 30.7 Å². The van der Waals surface area contributed by atoms with Gasteiger partial charge in [-0.3, -0.25) is 5.32 Å². The summed E-state index contributed by atoms with van der Waals surface area (Å²) in [7, 11) is 0. The highest BCUT2D eigenvalue weighted by Crippen LogP contribution is 2.21. The molecule has 1 unspecified atom stereocenters. The van der Waals surface area contributed by atoms with Gasteiger partial charge in [-0.25, -0.2) is 9.78 Å². The molecule has 3 rings (SSSR count). The first-order chi connectivity index (χ1) is 10.8. The number of nitrogens with zero attached hydrogens (tertiary/aromatic N) is 1. The van der Waals surface area contributed by atoms with Gasteiger partial charge in [-0.05, 0) is 18.4 Å². The van der Waals surface area contributed by atoms with Crippen molar-refractivity contribution >= 4 is 22.5 Å². The van der Waals surface area contributed by atoms with Crippen molar-refractivity contribution in [3.63, 3.8) is 0 Å². The van der Waals surface area contributed by atoms with Gasteiger partial charge in [-0.1, -0.05) is 30.3 Å². The Bertz CT molecular complexity index is 609. The molecular weight excluding hydrogens is 298 g/mol. The Labute approximate surface area is 133 Å². The van der Waals surface area contributed by atoms with Crippen molar-refractivity contribution < 1.29 is 9.53 Å². The molecule has 0 radical (unpaired) electrons. The molecule has 6 heteroatoms. The molecule has 1 aromatic carbocycles. The van der Waals surface area contributed by atoms with Crippen LogP contribution in [0.1, 0.15) is 23.3 Å². The highest BCUT2D eigenvalue weighted by molar-refractivity contribution is 7.15. The minimum absolute atomic E-state index is 0.149. The average Bonchev–Trinajstić information content (AvgIpc) is 3.18. The minimum Gasteiger partial charge on any atom is -0.376 e. The van der Waals surface area contributed by atoms with E-state index in [0.29, 0.717) is 11.7 Å². The smallest absolute Gasteiger partial charge is 0.321 e.